The third kappa shape index (κ3) is 1.92. The first kappa shape index (κ1) is 12.9. The van der Waals surface area contributed by atoms with Crippen molar-refractivity contribution in [1.29, 1.82) is 0 Å². The Bertz CT molecular complexity index is 777. The van der Waals surface area contributed by atoms with Crippen molar-refractivity contribution in [2.75, 3.05) is 5.73 Å². The van der Waals surface area contributed by atoms with E-state index in [9.17, 15) is 4.39 Å². The van der Waals surface area contributed by atoms with E-state index in [2.05, 4.69) is 22.2 Å². The average Bonchev–Trinajstić information content (AvgIpc) is 2.96. The maximum absolute atomic E-state index is 13.6. The number of nitrogens with zero attached hydrogens (tertiary/aromatic N) is 3. The highest BCUT2D eigenvalue weighted by Gasteiger charge is 2.17. The minimum atomic E-state index is -0.492. The van der Waals surface area contributed by atoms with Crippen LogP contribution in [0.1, 0.15) is 19.0 Å². The van der Waals surface area contributed by atoms with E-state index >= 15 is 0 Å². The van der Waals surface area contributed by atoms with E-state index in [1.165, 1.54) is 12.1 Å². The van der Waals surface area contributed by atoms with Gasteiger partial charge in [-0.2, -0.15) is 10.2 Å². The number of nitrogen functional groups attached to an aromatic ring is 1. The van der Waals surface area contributed by atoms with Crippen molar-refractivity contribution >= 4 is 28.5 Å². The summed E-state index contributed by atoms with van der Waals surface area (Å²) < 4.78 is 15.2. The predicted octanol–water partition coefficient (Wildman–Crippen LogP) is 3.08. The average molecular weight is 294 g/mol. The first-order valence-electron chi connectivity index (χ1n) is 6.28. The largest absolute Gasteiger partial charge is 0.383 e. The number of aromatic amines is 1. The summed E-state index contributed by atoms with van der Waals surface area (Å²) in [5, 5.41) is 12.2. The zero-order chi connectivity index (χ0) is 14.3. The lowest BCUT2D eigenvalue weighted by molar-refractivity contribution is 0.626. The summed E-state index contributed by atoms with van der Waals surface area (Å²) in [5.41, 5.74) is 7.89. The Labute approximate surface area is 119 Å². The molecular weight excluding hydrogens is 281 g/mol. The third-order valence-electron chi connectivity index (χ3n) is 3.12. The molecule has 0 saturated carbocycles. The van der Waals surface area contributed by atoms with Gasteiger partial charge in [-0.05, 0) is 18.6 Å². The molecule has 5 nitrogen and oxygen atoms in total. The second-order valence-corrected chi connectivity index (χ2v) is 4.95. The van der Waals surface area contributed by atoms with Crippen LogP contribution in [0.4, 0.5) is 10.2 Å². The monoisotopic (exact) mass is 293 g/mol. The Morgan fingerprint density at radius 2 is 2.25 bits per heavy atom. The molecule has 0 bridgehead atoms. The summed E-state index contributed by atoms with van der Waals surface area (Å²) in [6, 6.07) is 4.52. The first-order valence-corrected chi connectivity index (χ1v) is 6.66. The predicted molar refractivity (Wildman–Crippen MR) is 76.6 cm³/mol. The second kappa shape index (κ2) is 4.79. The lowest BCUT2D eigenvalue weighted by Gasteiger charge is -2.02. The number of H-pyrrole nitrogens is 1. The molecule has 3 N–H and O–H groups in total. The van der Waals surface area contributed by atoms with Crippen LogP contribution < -0.4 is 5.73 Å². The van der Waals surface area contributed by atoms with Gasteiger partial charge in [0.25, 0.3) is 0 Å². The standard InChI is InChI=1S/C13H13ClFN5/c1-2-3-10-11-12(16)17-18-13(11)20(19-10)7-4-5-8(14)9(15)6-7/h4-6H,2-3H2,1H3,(H3,16,17,18). The summed E-state index contributed by atoms with van der Waals surface area (Å²) in [7, 11) is 0. The Morgan fingerprint density at radius 3 is 2.95 bits per heavy atom. The number of nitrogens with one attached hydrogen (secondary N) is 1. The van der Waals surface area contributed by atoms with Gasteiger partial charge in [0.1, 0.15) is 11.6 Å². The molecule has 2 heterocycles. The van der Waals surface area contributed by atoms with Crippen molar-refractivity contribution in [3.05, 3.63) is 34.7 Å². The number of halogens is 2. The third-order valence-corrected chi connectivity index (χ3v) is 3.43. The van der Waals surface area contributed by atoms with E-state index in [1.807, 2.05) is 0 Å². The van der Waals surface area contributed by atoms with E-state index in [1.54, 1.807) is 10.7 Å². The van der Waals surface area contributed by atoms with Crippen LogP contribution in [0.3, 0.4) is 0 Å². The van der Waals surface area contributed by atoms with Gasteiger partial charge in [-0.3, -0.25) is 5.10 Å². The summed E-state index contributed by atoms with van der Waals surface area (Å²) in [4.78, 5) is 0. The number of benzene rings is 1. The SMILES string of the molecule is CCCc1nn(-c2ccc(Cl)c(F)c2)c2n[nH]c(N)c12. The normalized spacial score (nSPS) is 11.3. The highest BCUT2D eigenvalue weighted by molar-refractivity contribution is 6.30. The molecule has 0 amide bonds. The van der Waals surface area contributed by atoms with E-state index in [0.717, 1.165) is 23.9 Å². The molecule has 0 unspecified atom stereocenters. The number of aromatic nitrogens is 4. The van der Waals surface area contributed by atoms with Gasteiger partial charge in [-0.15, -0.1) is 0 Å². The van der Waals surface area contributed by atoms with Crippen LogP contribution in [0.15, 0.2) is 18.2 Å². The highest BCUT2D eigenvalue weighted by Crippen LogP contribution is 2.27. The molecule has 0 saturated heterocycles. The number of nitrogens with two attached hydrogens (primary N) is 1. The van der Waals surface area contributed by atoms with Gasteiger partial charge in [-0.25, -0.2) is 9.07 Å². The van der Waals surface area contributed by atoms with Crippen molar-refractivity contribution in [1.82, 2.24) is 20.0 Å². The van der Waals surface area contributed by atoms with E-state index in [4.69, 9.17) is 17.3 Å². The minimum absolute atomic E-state index is 0.0764. The fraction of sp³-hybridized carbons (Fsp3) is 0.231. The van der Waals surface area contributed by atoms with Crippen LogP contribution in [0.5, 0.6) is 0 Å². The molecule has 104 valence electrons. The molecule has 2 aromatic heterocycles. The highest BCUT2D eigenvalue weighted by atomic mass is 35.5. The number of aryl methyl sites for hydroxylation is 1. The molecular formula is C13H13ClFN5. The van der Waals surface area contributed by atoms with Crippen LogP contribution in [0.25, 0.3) is 16.7 Å². The van der Waals surface area contributed by atoms with Crippen LogP contribution in [-0.2, 0) is 6.42 Å². The van der Waals surface area contributed by atoms with Gasteiger partial charge in [0.15, 0.2) is 5.65 Å². The molecule has 0 fully saturated rings. The number of rotatable bonds is 3. The topological polar surface area (TPSA) is 72.5 Å². The first-order chi connectivity index (χ1) is 9.61. The van der Waals surface area contributed by atoms with Crippen molar-refractivity contribution in [2.45, 2.75) is 19.8 Å². The van der Waals surface area contributed by atoms with Crippen LogP contribution in [-0.4, -0.2) is 20.0 Å². The second-order valence-electron chi connectivity index (χ2n) is 4.54. The van der Waals surface area contributed by atoms with Gasteiger partial charge in [0.05, 0.1) is 21.8 Å². The van der Waals surface area contributed by atoms with Crippen molar-refractivity contribution in [3.63, 3.8) is 0 Å². The van der Waals surface area contributed by atoms with Gasteiger partial charge < -0.3 is 5.73 Å². The Balaban J connectivity index is 2.22. The lowest BCUT2D eigenvalue weighted by Crippen LogP contribution is -1.99. The van der Waals surface area contributed by atoms with E-state index in [0.29, 0.717) is 17.2 Å². The summed E-state index contributed by atoms with van der Waals surface area (Å²) in [6.45, 7) is 2.06. The molecule has 0 radical (unpaired) electrons. The van der Waals surface area contributed by atoms with E-state index in [-0.39, 0.29) is 5.02 Å². The summed E-state index contributed by atoms with van der Waals surface area (Å²) in [5.74, 6) is -0.0162. The van der Waals surface area contributed by atoms with Crippen molar-refractivity contribution in [3.8, 4) is 5.69 Å². The fourth-order valence-electron chi connectivity index (χ4n) is 2.21. The summed E-state index contributed by atoms with van der Waals surface area (Å²) in [6.07, 6.45) is 1.72. The maximum Gasteiger partial charge on any atom is 0.186 e. The molecule has 1 aromatic carbocycles. The molecule has 0 spiro atoms. The zero-order valence-electron chi connectivity index (χ0n) is 10.8. The van der Waals surface area contributed by atoms with Gasteiger partial charge >= 0.3 is 0 Å². The fourth-order valence-corrected chi connectivity index (χ4v) is 2.33. The van der Waals surface area contributed by atoms with Gasteiger partial charge in [0.2, 0.25) is 0 Å². The molecule has 0 aliphatic rings. The van der Waals surface area contributed by atoms with Crippen LogP contribution >= 0.6 is 11.6 Å². The Kier molecular flexibility index (Phi) is 3.10. The number of hydrogen-bond acceptors (Lipinski definition) is 3. The van der Waals surface area contributed by atoms with Gasteiger partial charge in [-0.1, -0.05) is 24.9 Å². The molecule has 0 atom stereocenters. The number of hydrogen-bond donors (Lipinski definition) is 2. The lowest BCUT2D eigenvalue weighted by atomic mass is 10.2. The Morgan fingerprint density at radius 1 is 1.45 bits per heavy atom. The van der Waals surface area contributed by atoms with Gasteiger partial charge in [0, 0.05) is 6.07 Å². The quantitative estimate of drug-likeness (QED) is 0.779. The number of fused-ring (bicyclic) bond motifs is 1. The molecule has 20 heavy (non-hydrogen) atoms. The summed E-state index contributed by atoms with van der Waals surface area (Å²) >= 11 is 5.70. The smallest absolute Gasteiger partial charge is 0.186 e. The Hall–Kier alpha value is -2.08. The molecule has 7 heteroatoms. The zero-order valence-corrected chi connectivity index (χ0v) is 11.6. The van der Waals surface area contributed by atoms with Crippen molar-refractivity contribution < 1.29 is 4.39 Å². The molecule has 3 rings (SSSR count). The van der Waals surface area contributed by atoms with E-state index < -0.39 is 5.82 Å². The van der Waals surface area contributed by atoms with Crippen LogP contribution in [0, 0.1) is 5.82 Å². The molecule has 0 aliphatic heterocycles. The maximum atomic E-state index is 13.6. The van der Waals surface area contributed by atoms with Crippen LogP contribution in [0.2, 0.25) is 5.02 Å². The minimum Gasteiger partial charge on any atom is -0.383 e. The van der Waals surface area contributed by atoms with Crippen molar-refractivity contribution in [2.24, 2.45) is 0 Å². The molecule has 3 aromatic rings. The molecule has 0 aliphatic carbocycles. The number of anilines is 1.